The molecule has 1 N–H and O–H groups in total. The average molecular weight is 307 g/mol. The highest BCUT2D eigenvalue weighted by Gasteiger charge is 2.06. The van der Waals surface area contributed by atoms with Crippen LogP contribution in [0.1, 0.15) is 15.9 Å². The van der Waals surface area contributed by atoms with E-state index in [4.69, 9.17) is 4.74 Å². The molecule has 1 amide bonds. The van der Waals surface area contributed by atoms with Gasteiger partial charge in [-0.2, -0.15) is 0 Å². The lowest BCUT2D eigenvalue weighted by atomic mass is 10.2. The standard InChI is InChI=1S/C18H17N3O2/c1-23-17-9-4-14(12-19-17)13-20-18(22)15-5-7-16(8-6-15)21-10-2-3-11-21/h2-12H,13H2,1H3,(H,20,22). The molecule has 5 heteroatoms. The van der Waals surface area contributed by atoms with Crippen molar-refractivity contribution in [2.45, 2.75) is 6.54 Å². The first-order chi connectivity index (χ1) is 11.3. The van der Waals surface area contributed by atoms with Crippen LogP contribution in [-0.4, -0.2) is 22.6 Å². The third-order valence-corrected chi connectivity index (χ3v) is 3.49. The molecule has 2 aromatic heterocycles. The van der Waals surface area contributed by atoms with Crippen LogP contribution in [0, 0.1) is 0 Å². The van der Waals surface area contributed by atoms with Crippen LogP contribution in [0.3, 0.4) is 0 Å². The van der Waals surface area contributed by atoms with Gasteiger partial charge in [0.25, 0.3) is 5.91 Å². The first-order valence-electron chi connectivity index (χ1n) is 7.27. The number of amides is 1. The van der Waals surface area contributed by atoms with Crippen LogP contribution < -0.4 is 10.1 Å². The van der Waals surface area contributed by atoms with Gasteiger partial charge in [0.2, 0.25) is 5.88 Å². The molecule has 0 aliphatic carbocycles. The molecular weight excluding hydrogens is 290 g/mol. The highest BCUT2D eigenvalue weighted by atomic mass is 16.5. The molecule has 0 saturated heterocycles. The second kappa shape index (κ2) is 6.79. The van der Waals surface area contributed by atoms with Crippen molar-refractivity contribution in [2.75, 3.05) is 7.11 Å². The fourth-order valence-corrected chi connectivity index (χ4v) is 2.21. The third kappa shape index (κ3) is 3.58. The Kier molecular flexibility index (Phi) is 4.38. The molecular formula is C18H17N3O2. The molecule has 0 bridgehead atoms. The number of nitrogens with zero attached hydrogens (tertiary/aromatic N) is 2. The molecule has 0 saturated carbocycles. The number of hydrogen-bond acceptors (Lipinski definition) is 3. The summed E-state index contributed by atoms with van der Waals surface area (Å²) in [6.07, 6.45) is 5.62. The Balaban J connectivity index is 1.61. The van der Waals surface area contributed by atoms with Crippen molar-refractivity contribution < 1.29 is 9.53 Å². The zero-order chi connectivity index (χ0) is 16.1. The van der Waals surface area contributed by atoms with Gasteiger partial charge in [-0.15, -0.1) is 0 Å². The Morgan fingerprint density at radius 2 is 1.87 bits per heavy atom. The van der Waals surface area contributed by atoms with Gasteiger partial charge in [-0.1, -0.05) is 6.07 Å². The molecule has 0 fully saturated rings. The quantitative estimate of drug-likeness (QED) is 0.788. The zero-order valence-corrected chi connectivity index (χ0v) is 12.8. The summed E-state index contributed by atoms with van der Waals surface area (Å²) < 4.78 is 7.00. The van der Waals surface area contributed by atoms with Gasteiger partial charge in [-0.05, 0) is 42.0 Å². The molecule has 0 spiro atoms. The minimum Gasteiger partial charge on any atom is -0.481 e. The van der Waals surface area contributed by atoms with E-state index in [0.29, 0.717) is 18.0 Å². The van der Waals surface area contributed by atoms with Crippen molar-refractivity contribution >= 4 is 5.91 Å². The number of benzene rings is 1. The summed E-state index contributed by atoms with van der Waals surface area (Å²) in [5, 5.41) is 2.88. The summed E-state index contributed by atoms with van der Waals surface area (Å²) in [6.45, 7) is 0.426. The van der Waals surface area contributed by atoms with Gasteiger partial charge < -0.3 is 14.6 Å². The summed E-state index contributed by atoms with van der Waals surface area (Å²) in [5.41, 5.74) is 2.57. The first kappa shape index (κ1) is 14.8. The first-order valence-corrected chi connectivity index (χ1v) is 7.27. The molecule has 0 radical (unpaired) electrons. The molecule has 1 aromatic carbocycles. The molecule has 23 heavy (non-hydrogen) atoms. The monoisotopic (exact) mass is 307 g/mol. The number of rotatable bonds is 5. The van der Waals surface area contributed by atoms with Crippen molar-refractivity contribution in [2.24, 2.45) is 0 Å². The van der Waals surface area contributed by atoms with Gasteiger partial charge in [0.1, 0.15) is 0 Å². The summed E-state index contributed by atoms with van der Waals surface area (Å²) in [5.74, 6) is 0.445. The number of ether oxygens (including phenoxy) is 1. The fourth-order valence-electron chi connectivity index (χ4n) is 2.21. The maximum Gasteiger partial charge on any atom is 0.251 e. The highest BCUT2D eigenvalue weighted by molar-refractivity contribution is 5.94. The number of nitrogens with one attached hydrogen (secondary N) is 1. The zero-order valence-electron chi connectivity index (χ0n) is 12.8. The second-order valence-electron chi connectivity index (χ2n) is 5.03. The van der Waals surface area contributed by atoms with E-state index in [-0.39, 0.29) is 5.91 Å². The van der Waals surface area contributed by atoms with E-state index in [2.05, 4.69) is 10.3 Å². The molecule has 3 rings (SSSR count). The molecule has 0 aliphatic rings. The van der Waals surface area contributed by atoms with E-state index >= 15 is 0 Å². The van der Waals surface area contributed by atoms with Gasteiger partial charge in [-0.3, -0.25) is 4.79 Å². The SMILES string of the molecule is COc1ccc(CNC(=O)c2ccc(-n3cccc3)cc2)cn1. The fraction of sp³-hybridized carbons (Fsp3) is 0.111. The summed E-state index contributed by atoms with van der Waals surface area (Å²) >= 11 is 0. The third-order valence-electron chi connectivity index (χ3n) is 3.49. The van der Waals surface area contributed by atoms with E-state index in [0.717, 1.165) is 11.3 Å². The lowest BCUT2D eigenvalue weighted by Crippen LogP contribution is -2.22. The Labute approximate surface area is 134 Å². The highest BCUT2D eigenvalue weighted by Crippen LogP contribution is 2.11. The Hall–Kier alpha value is -3.08. The maximum atomic E-state index is 12.2. The van der Waals surface area contributed by atoms with Crippen molar-refractivity contribution in [3.8, 4) is 11.6 Å². The predicted molar refractivity (Wildman–Crippen MR) is 87.7 cm³/mol. The molecule has 0 aliphatic heterocycles. The van der Waals surface area contributed by atoms with Crippen LogP contribution in [0.25, 0.3) is 5.69 Å². The molecule has 0 unspecified atom stereocenters. The van der Waals surface area contributed by atoms with E-state index in [9.17, 15) is 4.79 Å². The summed E-state index contributed by atoms with van der Waals surface area (Å²) in [7, 11) is 1.57. The van der Waals surface area contributed by atoms with Crippen LogP contribution in [0.15, 0.2) is 67.1 Å². The average Bonchev–Trinajstić information content (AvgIpc) is 3.15. The summed E-state index contributed by atoms with van der Waals surface area (Å²) in [4.78, 5) is 16.3. The van der Waals surface area contributed by atoms with Crippen LogP contribution in [-0.2, 0) is 6.54 Å². The van der Waals surface area contributed by atoms with Gasteiger partial charge in [0.05, 0.1) is 7.11 Å². The minimum atomic E-state index is -0.111. The lowest BCUT2D eigenvalue weighted by Gasteiger charge is -2.07. The van der Waals surface area contributed by atoms with Gasteiger partial charge in [0.15, 0.2) is 0 Å². The molecule has 2 heterocycles. The van der Waals surface area contributed by atoms with Crippen molar-refractivity contribution in [3.63, 3.8) is 0 Å². The molecule has 3 aromatic rings. The molecule has 116 valence electrons. The largest absolute Gasteiger partial charge is 0.481 e. The second-order valence-corrected chi connectivity index (χ2v) is 5.03. The topological polar surface area (TPSA) is 56.1 Å². The summed E-state index contributed by atoms with van der Waals surface area (Å²) in [6, 6.07) is 15.0. The van der Waals surface area contributed by atoms with Crippen molar-refractivity contribution in [3.05, 3.63) is 78.2 Å². The smallest absolute Gasteiger partial charge is 0.251 e. The van der Waals surface area contributed by atoms with Crippen LogP contribution in [0.5, 0.6) is 5.88 Å². The number of pyridine rings is 1. The van der Waals surface area contributed by atoms with Crippen LogP contribution in [0.4, 0.5) is 0 Å². The van der Waals surface area contributed by atoms with Crippen LogP contribution in [0.2, 0.25) is 0 Å². The van der Waals surface area contributed by atoms with Gasteiger partial charge in [-0.25, -0.2) is 4.98 Å². The van der Waals surface area contributed by atoms with Gasteiger partial charge in [0, 0.05) is 42.5 Å². The minimum absolute atomic E-state index is 0.111. The Morgan fingerprint density at radius 3 is 2.48 bits per heavy atom. The number of methoxy groups -OCH3 is 1. The van der Waals surface area contributed by atoms with Gasteiger partial charge >= 0.3 is 0 Å². The normalized spacial score (nSPS) is 10.3. The number of aromatic nitrogens is 2. The van der Waals surface area contributed by atoms with E-state index in [1.54, 1.807) is 19.4 Å². The number of carbonyl (C=O) groups is 1. The number of carbonyl (C=O) groups excluding carboxylic acids is 1. The molecule has 5 nitrogen and oxygen atoms in total. The predicted octanol–water partition coefficient (Wildman–Crippen LogP) is 2.81. The Bertz CT molecular complexity index is 763. The number of hydrogen-bond donors (Lipinski definition) is 1. The van der Waals surface area contributed by atoms with Crippen molar-refractivity contribution in [1.82, 2.24) is 14.9 Å². The van der Waals surface area contributed by atoms with Crippen molar-refractivity contribution in [1.29, 1.82) is 0 Å². The maximum absolute atomic E-state index is 12.2. The van der Waals surface area contributed by atoms with E-state index in [1.165, 1.54) is 0 Å². The van der Waals surface area contributed by atoms with Crippen LogP contribution >= 0.6 is 0 Å². The Morgan fingerprint density at radius 1 is 1.13 bits per heavy atom. The van der Waals surface area contributed by atoms with E-state index < -0.39 is 0 Å². The molecule has 0 atom stereocenters. The van der Waals surface area contributed by atoms with E-state index in [1.807, 2.05) is 59.4 Å². The lowest BCUT2D eigenvalue weighted by molar-refractivity contribution is 0.0951.